The molecule has 0 saturated carbocycles. The third kappa shape index (κ3) is 4.22. The zero-order valence-corrected chi connectivity index (χ0v) is 22.0. The molecule has 2 aromatic carbocycles. The molecule has 1 N–H and O–H groups in total. The average molecular weight is 518 g/mol. The summed E-state index contributed by atoms with van der Waals surface area (Å²) in [4.78, 5) is 21.2. The quantitative estimate of drug-likeness (QED) is 0.427. The lowest BCUT2D eigenvalue weighted by Crippen LogP contribution is -2.49. The van der Waals surface area contributed by atoms with Crippen LogP contribution in [0.1, 0.15) is 38.2 Å². The van der Waals surface area contributed by atoms with Crippen LogP contribution in [0.25, 0.3) is 10.9 Å². The summed E-state index contributed by atoms with van der Waals surface area (Å²) < 4.78 is 18.5. The van der Waals surface area contributed by atoms with Crippen molar-refractivity contribution in [2.75, 3.05) is 45.0 Å². The number of methoxy groups -OCH3 is 1. The van der Waals surface area contributed by atoms with Gasteiger partial charge in [-0.2, -0.15) is 0 Å². The molecule has 11 nitrogen and oxygen atoms in total. The Morgan fingerprint density at radius 2 is 1.76 bits per heavy atom. The minimum atomic E-state index is -0.442. The monoisotopic (exact) mass is 517 g/mol. The maximum atomic E-state index is 13.6. The number of aromatic nitrogens is 5. The molecule has 0 spiro atoms. The predicted octanol–water partition coefficient (Wildman–Crippen LogP) is 2.92. The third-order valence-corrected chi connectivity index (χ3v) is 7.14. The van der Waals surface area contributed by atoms with Gasteiger partial charge in [0.05, 0.1) is 23.9 Å². The van der Waals surface area contributed by atoms with Gasteiger partial charge in [0.25, 0.3) is 5.56 Å². The van der Waals surface area contributed by atoms with Crippen LogP contribution in [-0.2, 0) is 5.54 Å². The summed E-state index contributed by atoms with van der Waals surface area (Å²) in [5.74, 6) is 2.77. The molecule has 4 aromatic rings. The molecule has 1 atom stereocenters. The average Bonchev–Trinajstić information content (AvgIpc) is 3.58. The van der Waals surface area contributed by atoms with Crippen LogP contribution in [0.15, 0.2) is 47.3 Å². The summed E-state index contributed by atoms with van der Waals surface area (Å²) in [5, 5.41) is 13.6. The summed E-state index contributed by atoms with van der Waals surface area (Å²) in [7, 11) is 1.69. The Morgan fingerprint density at radius 3 is 2.50 bits per heavy atom. The summed E-state index contributed by atoms with van der Waals surface area (Å²) in [6.45, 7) is 9.26. The fraction of sp³-hybridized carbons (Fsp3) is 0.407. The van der Waals surface area contributed by atoms with Crippen LogP contribution in [0, 0.1) is 0 Å². The molecule has 198 valence electrons. The summed E-state index contributed by atoms with van der Waals surface area (Å²) in [5.41, 5.74) is 1.79. The molecule has 0 bridgehead atoms. The first-order valence-corrected chi connectivity index (χ1v) is 12.7. The molecule has 2 aliphatic heterocycles. The standard InChI is InChI=1S/C27H31N7O4/c1-27(2,3)34-25(29-30-31-34)24(33-11-9-32(10-12-33)20-7-5-6-8-21(20)36-4)18-13-17-14-22-23(38-16-37-22)15-19(17)28-26(18)35/h5-8,13-15,24H,9-12,16H2,1-4H3,(H,28,35)/t24-/m1/s1. The van der Waals surface area contributed by atoms with Gasteiger partial charge < -0.3 is 24.1 Å². The first kappa shape index (κ1) is 24.2. The number of piperazine rings is 1. The molecule has 1 fully saturated rings. The lowest BCUT2D eigenvalue weighted by Gasteiger charge is -2.40. The molecule has 2 aromatic heterocycles. The van der Waals surface area contributed by atoms with Crippen molar-refractivity contribution in [1.29, 1.82) is 0 Å². The molecule has 6 rings (SSSR count). The first-order valence-electron chi connectivity index (χ1n) is 12.7. The molecule has 0 aliphatic carbocycles. The highest BCUT2D eigenvalue weighted by molar-refractivity contribution is 5.83. The van der Waals surface area contributed by atoms with Gasteiger partial charge in [-0.05, 0) is 55.5 Å². The van der Waals surface area contributed by atoms with E-state index in [2.05, 4.69) is 57.1 Å². The zero-order chi connectivity index (χ0) is 26.4. The number of aromatic amines is 1. The van der Waals surface area contributed by atoms with Gasteiger partial charge in [-0.15, -0.1) is 5.10 Å². The first-order chi connectivity index (χ1) is 18.3. The molecule has 0 radical (unpaired) electrons. The highest BCUT2D eigenvalue weighted by Crippen LogP contribution is 2.37. The normalized spacial score (nSPS) is 16.7. The lowest BCUT2D eigenvalue weighted by atomic mass is 10.0. The van der Waals surface area contributed by atoms with Crippen molar-refractivity contribution in [1.82, 2.24) is 30.1 Å². The number of benzene rings is 2. The Bertz CT molecular complexity index is 1530. The van der Waals surface area contributed by atoms with Crippen molar-refractivity contribution < 1.29 is 14.2 Å². The van der Waals surface area contributed by atoms with Gasteiger partial charge in [0.1, 0.15) is 11.8 Å². The zero-order valence-electron chi connectivity index (χ0n) is 22.0. The largest absolute Gasteiger partial charge is 0.495 e. The van der Waals surface area contributed by atoms with Crippen LogP contribution in [0.4, 0.5) is 5.69 Å². The van der Waals surface area contributed by atoms with Crippen LogP contribution in [0.5, 0.6) is 17.2 Å². The van der Waals surface area contributed by atoms with E-state index in [0.717, 1.165) is 29.9 Å². The van der Waals surface area contributed by atoms with Gasteiger partial charge in [-0.1, -0.05) is 12.1 Å². The summed E-state index contributed by atoms with van der Waals surface area (Å²) in [6.07, 6.45) is 0. The van der Waals surface area contributed by atoms with Gasteiger partial charge in [-0.3, -0.25) is 9.69 Å². The molecule has 1 saturated heterocycles. The fourth-order valence-corrected chi connectivity index (χ4v) is 5.27. The van der Waals surface area contributed by atoms with E-state index >= 15 is 0 Å². The molecule has 4 heterocycles. The number of para-hydroxylation sites is 2. The Labute approximate surface area is 219 Å². The lowest BCUT2D eigenvalue weighted by molar-refractivity contribution is 0.174. The van der Waals surface area contributed by atoms with E-state index in [1.165, 1.54) is 0 Å². The van der Waals surface area contributed by atoms with E-state index in [9.17, 15) is 4.79 Å². The topological polar surface area (TPSA) is 111 Å². The van der Waals surface area contributed by atoms with Gasteiger partial charge in [-0.25, -0.2) is 4.68 Å². The van der Waals surface area contributed by atoms with Crippen molar-refractivity contribution in [2.24, 2.45) is 0 Å². The van der Waals surface area contributed by atoms with E-state index in [1.54, 1.807) is 7.11 Å². The van der Waals surface area contributed by atoms with Crippen LogP contribution >= 0.6 is 0 Å². The molecule has 38 heavy (non-hydrogen) atoms. The second-order valence-electron chi connectivity index (χ2n) is 10.6. The van der Waals surface area contributed by atoms with Gasteiger partial charge in [0.2, 0.25) is 6.79 Å². The Balaban J connectivity index is 1.41. The molecule has 2 aliphatic rings. The van der Waals surface area contributed by atoms with E-state index < -0.39 is 6.04 Å². The molecular weight excluding hydrogens is 486 g/mol. The maximum Gasteiger partial charge on any atom is 0.253 e. The van der Waals surface area contributed by atoms with Gasteiger partial charge in [0, 0.05) is 43.2 Å². The SMILES string of the molecule is COc1ccccc1N1CCN([C@H](c2cc3cc4c(cc3[nH]c2=O)OCO4)c2nnnn2C(C)(C)C)CC1. The van der Waals surface area contributed by atoms with Gasteiger partial charge >= 0.3 is 0 Å². The second kappa shape index (κ2) is 9.32. The van der Waals surface area contributed by atoms with Gasteiger partial charge in [0.15, 0.2) is 17.3 Å². The molecule has 11 heteroatoms. The maximum absolute atomic E-state index is 13.6. The van der Waals surface area contributed by atoms with E-state index in [0.29, 0.717) is 41.5 Å². The smallest absolute Gasteiger partial charge is 0.253 e. The Kier molecular flexibility index (Phi) is 5.94. The predicted molar refractivity (Wildman–Crippen MR) is 142 cm³/mol. The molecular formula is C27H31N7O4. The second-order valence-corrected chi connectivity index (χ2v) is 10.6. The highest BCUT2D eigenvalue weighted by atomic mass is 16.7. The van der Waals surface area contributed by atoms with E-state index in [-0.39, 0.29) is 17.9 Å². The van der Waals surface area contributed by atoms with Crippen LogP contribution in [-0.4, -0.2) is 70.2 Å². The van der Waals surface area contributed by atoms with E-state index in [4.69, 9.17) is 14.2 Å². The Morgan fingerprint density at radius 1 is 1.03 bits per heavy atom. The van der Waals surface area contributed by atoms with Crippen LogP contribution in [0.2, 0.25) is 0 Å². The number of rotatable bonds is 5. The number of nitrogens with one attached hydrogen (secondary N) is 1. The minimum absolute atomic E-state index is 0.169. The number of anilines is 1. The number of hydrogen-bond donors (Lipinski definition) is 1. The van der Waals surface area contributed by atoms with Crippen molar-refractivity contribution in [3.63, 3.8) is 0 Å². The molecule has 0 amide bonds. The fourth-order valence-electron chi connectivity index (χ4n) is 5.27. The minimum Gasteiger partial charge on any atom is -0.495 e. The number of nitrogens with zero attached hydrogens (tertiary/aromatic N) is 6. The van der Waals surface area contributed by atoms with Crippen molar-refractivity contribution in [3.8, 4) is 17.2 Å². The number of fused-ring (bicyclic) bond motifs is 2. The number of pyridine rings is 1. The summed E-state index contributed by atoms with van der Waals surface area (Å²) in [6, 6.07) is 13.2. The number of tetrazole rings is 1. The number of ether oxygens (including phenoxy) is 3. The van der Waals surface area contributed by atoms with Crippen molar-refractivity contribution >= 4 is 16.6 Å². The van der Waals surface area contributed by atoms with Crippen LogP contribution in [0.3, 0.4) is 0 Å². The summed E-state index contributed by atoms with van der Waals surface area (Å²) >= 11 is 0. The van der Waals surface area contributed by atoms with E-state index in [1.807, 2.05) is 41.1 Å². The van der Waals surface area contributed by atoms with Crippen molar-refractivity contribution in [2.45, 2.75) is 32.4 Å². The van der Waals surface area contributed by atoms with Crippen molar-refractivity contribution in [3.05, 3.63) is 64.2 Å². The highest BCUT2D eigenvalue weighted by Gasteiger charge is 2.35. The Hall–Kier alpha value is -4.12. The van der Waals surface area contributed by atoms with Crippen LogP contribution < -0.4 is 24.7 Å². The number of hydrogen-bond acceptors (Lipinski definition) is 9. The third-order valence-electron chi connectivity index (χ3n) is 7.14. The molecule has 0 unspecified atom stereocenters. The number of H-pyrrole nitrogens is 1.